The van der Waals surface area contributed by atoms with Gasteiger partial charge in [0.1, 0.15) is 5.75 Å². The second-order valence-electron chi connectivity index (χ2n) is 3.48. The van der Waals surface area contributed by atoms with Crippen molar-refractivity contribution in [2.45, 2.75) is 12.8 Å². The zero-order valence-corrected chi connectivity index (χ0v) is 9.61. The van der Waals surface area contributed by atoms with Crippen LogP contribution in [-0.4, -0.2) is 19.1 Å². The first-order chi connectivity index (χ1) is 8.24. The van der Waals surface area contributed by atoms with Crippen LogP contribution < -0.4 is 15.8 Å². The number of nitrogens with two attached hydrogens (primary N) is 1. The Morgan fingerprint density at radius 3 is 2.94 bits per heavy atom. The molecule has 0 saturated heterocycles. The number of anilines is 1. The van der Waals surface area contributed by atoms with Crippen LogP contribution in [0.4, 0.5) is 5.69 Å². The maximum atomic E-state index is 11.4. The Balaban J connectivity index is 2.25. The molecule has 1 rings (SSSR count). The van der Waals surface area contributed by atoms with Crippen LogP contribution in [0.1, 0.15) is 12.8 Å². The van der Waals surface area contributed by atoms with Crippen molar-refractivity contribution in [3.63, 3.8) is 0 Å². The highest BCUT2D eigenvalue weighted by molar-refractivity contribution is 5.77. The van der Waals surface area contributed by atoms with Crippen molar-refractivity contribution in [2.75, 3.05) is 18.9 Å². The minimum absolute atomic E-state index is 0.0374. The zero-order chi connectivity index (χ0) is 12.5. The Morgan fingerprint density at radius 2 is 2.24 bits per heavy atom. The third-order valence-corrected chi connectivity index (χ3v) is 2.10. The molecule has 0 bridgehead atoms. The first-order valence-electron chi connectivity index (χ1n) is 5.41. The fourth-order valence-corrected chi connectivity index (χ4v) is 1.22. The third-order valence-electron chi connectivity index (χ3n) is 2.10. The molecule has 0 heterocycles. The summed E-state index contributed by atoms with van der Waals surface area (Å²) in [5, 5.41) is 2.71. The Bertz CT molecular complexity index is 410. The molecule has 4 heteroatoms. The van der Waals surface area contributed by atoms with Gasteiger partial charge < -0.3 is 15.8 Å². The number of nitrogens with one attached hydrogen (secondary N) is 1. The first-order valence-corrected chi connectivity index (χ1v) is 5.41. The van der Waals surface area contributed by atoms with Gasteiger partial charge in [0.05, 0.1) is 5.69 Å². The molecule has 3 N–H and O–H groups in total. The molecule has 0 atom stereocenters. The van der Waals surface area contributed by atoms with E-state index in [0.717, 1.165) is 6.42 Å². The number of benzene rings is 1. The van der Waals surface area contributed by atoms with Crippen molar-refractivity contribution in [3.8, 4) is 18.1 Å². The van der Waals surface area contributed by atoms with Gasteiger partial charge in [-0.05, 0) is 18.6 Å². The summed E-state index contributed by atoms with van der Waals surface area (Å²) >= 11 is 0. The first kappa shape index (κ1) is 12.9. The van der Waals surface area contributed by atoms with Crippen LogP contribution in [0.15, 0.2) is 24.3 Å². The van der Waals surface area contributed by atoms with E-state index in [9.17, 15) is 4.79 Å². The minimum Gasteiger partial charge on any atom is -0.482 e. The SMILES string of the molecule is C#CCCCNC(=O)COc1ccccc1N. The minimum atomic E-state index is -0.176. The Kier molecular flexibility index (Phi) is 5.45. The Labute approximate surface area is 101 Å². The van der Waals surface area contributed by atoms with E-state index in [1.807, 2.05) is 6.07 Å². The largest absolute Gasteiger partial charge is 0.482 e. The number of hydrogen-bond donors (Lipinski definition) is 2. The van der Waals surface area contributed by atoms with E-state index in [1.54, 1.807) is 18.2 Å². The summed E-state index contributed by atoms with van der Waals surface area (Å²) in [6.45, 7) is 0.529. The molecule has 1 aromatic carbocycles. The summed E-state index contributed by atoms with van der Waals surface area (Å²) in [5.41, 5.74) is 6.19. The van der Waals surface area contributed by atoms with Crippen molar-refractivity contribution < 1.29 is 9.53 Å². The Morgan fingerprint density at radius 1 is 1.47 bits per heavy atom. The number of nitrogen functional groups attached to an aromatic ring is 1. The lowest BCUT2D eigenvalue weighted by Gasteiger charge is -2.08. The second kappa shape index (κ2) is 7.18. The number of hydrogen-bond acceptors (Lipinski definition) is 3. The van der Waals surface area contributed by atoms with E-state index in [0.29, 0.717) is 24.4 Å². The van der Waals surface area contributed by atoms with Gasteiger partial charge in [0.25, 0.3) is 5.91 Å². The maximum Gasteiger partial charge on any atom is 0.257 e. The standard InChI is InChI=1S/C13H16N2O2/c1-2-3-6-9-15-13(16)10-17-12-8-5-4-7-11(12)14/h1,4-5,7-8H,3,6,9-10,14H2,(H,15,16). The average Bonchev–Trinajstić information content (AvgIpc) is 2.34. The molecular formula is C13H16N2O2. The number of carbonyl (C=O) groups excluding carboxylic acids is 1. The summed E-state index contributed by atoms with van der Waals surface area (Å²) in [6, 6.07) is 7.06. The van der Waals surface area contributed by atoms with Crippen LogP contribution in [0.3, 0.4) is 0 Å². The van der Waals surface area contributed by atoms with Gasteiger partial charge in [-0.2, -0.15) is 0 Å². The van der Waals surface area contributed by atoms with Gasteiger partial charge in [0.15, 0.2) is 6.61 Å². The number of para-hydroxylation sites is 2. The van der Waals surface area contributed by atoms with Crippen LogP contribution in [0.25, 0.3) is 0 Å². The number of carbonyl (C=O) groups is 1. The predicted molar refractivity (Wildman–Crippen MR) is 67.4 cm³/mol. The van der Waals surface area contributed by atoms with Crippen molar-refractivity contribution >= 4 is 11.6 Å². The topological polar surface area (TPSA) is 64.3 Å². The van der Waals surface area contributed by atoms with Crippen molar-refractivity contribution in [1.82, 2.24) is 5.32 Å². The lowest BCUT2D eigenvalue weighted by molar-refractivity contribution is -0.123. The van der Waals surface area contributed by atoms with Crippen molar-refractivity contribution in [2.24, 2.45) is 0 Å². The van der Waals surface area contributed by atoms with E-state index in [4.69, 9.17) is 16.9 Å². The number of terminal acetylenes is 1. The second-order valence-corrected chi connectivity index (χ2v) is 3.48. The molecule has 1 aromatic rings. The van der Waals surface area contributed by atoms with Gasteiger partial charge in [0.2, 0.25) is 0 Å². The summed E-state index contributed by atoms with van der Waals surface area (Å²) in [5.74, 6) is 2.85. The predicted octanol–water partition coefficient (Wildman–Crippen LogP) is 1.18. The molecule has 4 nitrogen and oxygen atoms in total. The molecule has 0 radical (unpaired) electrons. The molecular weight excluding hydrogens is 216 g/mol. The number of unbranched alkanes of at least 4 members (excludes halogenated alkanes) is 1. The van der Waals surface area contributed by atoms with Crippen LogP contribution >= 0.6 is 0 Å². The van der Waals surface area contributed by atoms with Gasteiger partial charge in [-0.15, -0.1) is 12.3 Å². The average molecular weight is 232 g/mol. The van der Waals surface area contributed by atoms with E-state index in [-0.39, 0.29) is 12.5 Å². The summed E-state index contributed by atoms with van der Waals surface area (Å²) in [6.07, 6.45) is 6.53. The van der Waals surface area contributed by atoms with E-state index in [1.165, 1.54) is 0 Å². The van der Waals surface area contributed by atoms with E-state index in [2.05, 4.69) is 11.2 Å². The van der Waals surface area contributed by atoms with Gasteiger partial charge in [-0.3, -0.25) is 4.79 Å². The number of ether oxygens (including phenoxy) is 1. The normalized spacial score (nSPS) is 9.35. The number of amides is 1. The molecule has 17 heavy (non-hydrogen) atoms. The zero-order valence-electron chi connectivity index (χ0n) is 9.61. The highest BCUT2D eigenvalue weighted by atomic mass is 16.5. The molecule has 0 unspecified atom stereocenters. The summed E-state index contributed by atoms with van der Waals surface area (Å²) in [4.78, 5) is 11.4. The van der Waals surface area contributed by atoms with Crippen molar-refractivity contribution in [1.29, 1.82) is 0 Å². The van der Waals surface area contributed by atoms with Gasteiger partial charge in [-0.25, -0.2) is 0 Å². The monoisotopic (exact) mass is 232 g/mol. The van der Waals surface area contributed by atoms with E-state index < -0.39 is 0 Å². The molecule has 1 amide bonds. The van der Waals surface area contributed by atoms with Gasteiger partial charge >= 0.3 is 0 Å². The molecule has 0 aromatic heterocycles. The lowest BCUT2D eigenvalue weighted by Crippen LogP contribution is -2.29. The van der Waals surface area contributed by atoms with Crippen LogP contribution in [-0.2, 0) is 4.79 Å². The molecule has 0 aliphatic rings. The Hall–Kier alpha value is -2.15. The molecule has 0 saturated carbocycles. The van der Waals surface area contributed by atoms with Crippen LogP contribution in [0.5, 0.6) is 5.75 Å². The highest BCUT2D eigenvalue weighted by Crippen LogP contribution is 2.19. The maximum absolute atomic E-state index is 11.4. The van der Waals surface area contributed by atoms with Crippen LogP contribution in [0, 0.1) is 12.3 Å². The molecule has 90 valence electrons. The molecule has 0 spiro atoms. The van der Waals surface area contributed by atoms with Crippen molar-refractivity contribution in [3.05, 3.63) is 24.3 Å². The third kappa shape index (κ3) is 4.94. The fraction of sp³-hybridized carbons (Fsp3) is 0.308. The number of rotatable bonds is 6. The highest BCUT2D eigenvalue weighted by Gasteiger charge is 2.03. The smallest absolute Gasteiger partial charge is 0.257 e. The molecule has 0 fully saturated rings. The lowest BCUT2D eigenvalue weighted by atomic mass is 10.3. The van der Waals surface area contributed by atoms with Gasteiger partial charge in [-0.1, -0.05) is 12.1 Å². The van der Waals surface area contributed by atoms with Crippen LogP contribution in [0.2, 0.25) is 0 Å². The fourth-order valence-electron chi connectivity index (χ4n) is 1.22. The molecule has 0 aliphatic heterocycles. The quantitative estimate of drug-likeness (QED) is 0.440. The summed E-state index contributed by atoms with van der Waals surface area (Å²) < 4.78 is 5.28. The van der Waals surface area contributed by atoms with Gasteiger partial charge in [0, 0.05) is 13.0 Å². The van der Waals surface area contributed by atoms with E-state index >= 15 is 0 Å². The summed E-state index contributed by atoms with van der Waals surface area (Å²) in [7, 11) is 0. The molecule has 0 aliphatic carbocycles.